The van der Waals surface area contributed by atoms with Crippen molar-refractivity contribution >= 4 is 0 Å². The van der Waals surface area contributed by atoms with E-state index in [2.05, 4.69) is 0 Å². The van der Waals surface area contributed by atoms with E-state index in [1.807, 2.05) is 29.0 Å². The van der Waals surface area contributed by atoms with Crippen LogP contribution in [0.25, 0.3) is 0 Å². The summed E-state index contributed by atoms with van der Waals surface area (Å²) in [6.07, 6.45) is 1.95. The van der Waals surface area contributed by atoms with Gasteiger partial charge in [-0.25, -0.2) is 4.39 Å². The highest BCUT2D eigenvalue weighted by molar-refractivity contribution is 5.18. The Morgan fingerprint density at radius 2 is 2.07 bits per heavy atom. The van der Waals surface area contributed by atoms with Crippen LogP contribution in [0.5, 0.6) is 0 Å². The van der Waals surface area contributed by atoms with Crippen molar-refractivity contribution in [3.05, 3.63) is 59.7 Å². The Hall–Kier alpha value is -1.61. The summed E-state index contributed by atoms with van der Waals surface area (Å²) in [6, 6.07) is 10.5. The zero-order chi connectivity index (χ0) is 10.7. The Morgan fingerprint density at radius 1 is 1.20 bits per heavy atom. The molecule has 2 rings (SSSR count). The first kappa shape index (κ1) is 9.93. The third-order valence-electron chi connectivity index (χ3n) is 2.37. The molecule has 0 amide bonds. The monoisotopic (exact) mass is 204 g/mol. The summed E-state index contributed by atoms with van der Waals surface area (Å²) in [5.41, 5.74) is 7.58. The van der Waals surface area contributed by atoms with Gasteiger partial charge in [0.25, 0.3) is 0 Å². The second-order valence-corrected chi connectivity index (χ2v) is 3.46. The summed E-state index contributed by atoms with van der Waals surface area (Å²) in [6.45, 7) is 1.17. The van der Waals surface area contributed by atoms with Gasteiger partial charge in [0.15, 0.2) is 0 Å². The van der Waals surface area contributed by atoms with E-state index in [-0.39, 0.29) is 5.82 Å². The lowest BCUT2D eigenvalue weighted by molar-refractivity contribution is 0.622. The zero-order valence-corrected chi connectivity index (χ0v) is 8.36. The van der Waals surface area contributed by atoms with Crippen LogP contribution in [0.3, 0.4) is 0 Å². The van der Waals surface area contributed by atoms with Crippen molar-refractivity contribution in [1.82, 2.24) is 4.57 Å². The minimum absolute atomic E-state index is 0.200. The Balaban J connectivity index is 2.22. The Kier molecular flexibility index (Phi) is 2.83. The Bertz CT molecular complexity index is 448. The van der Waals surface area contributed by atoms with Gasteiger partial charge >= 0.3 is 0 Å². The molecule has 0 aliphatic heterocycles. The molecule has 1 heterocycles. The molecular weight excluding hydrogens is 191 g/mol. The molecule has 0 radical (unpaired) electrons. The van der Waals surface area contributed by atoms with Gasteiger partial charge in [0.05, 0.1) is 0 Å². The van der Waals surface area contributed by atoms with Crippen LogP contribution in [0.1, 0.15) is 11.3 Å². The number of rotatable bonds is 3. The van der Waals surface area contributed by atoms with Gasteiger partial charge in [-0.2, -0.15) is 0 Å². The summed E-state index contributed by atoms with van der Waals surface area (Å²) < 4.78 is 15.0. The van der Waals surface area contributed by atoms with Crippen molar-refractivity contribution in [2.24, 2.45) is 5.73 Å². The average molecular weight is 204 g/mol. The first-order valence-electron chi connectivity index (χ1n) is 4.88. The third-order valence-corrected chi connectivity index (χ3v) is 2.37. The maximum absolute atomic E-state index is 12.9. The van der Waals surface area contributed by atoms with Gasteiger partial charge in [0, 0.05) is 25.0 Å². The first-order chi connectivity index (χ1) is 7.29. The smallest absolute Gasteiger partial charge is 0.123 e. The average Bonchev–Trinajstić information content (AvgIpc) is 2.65. The number of nitrogens with zero attached hydrogens (tertiary/aromatic N) is 1. The fraction of sp³-hybridized carbons (Fsp3) is 0.167. The molecule has 0 atom stereocenters. The second-order valence-electron chi connectivity index (χ2n) is 3.46. The van der Waals surface area contributed by atoms with Crippen LogP contribution in [-0.2, 0) is 13.1 Å². The van der Waals surface area contributed by atoms with Gasteiger partial charge in [-0.05, 0) is 29.8 Å². The highest BCUT2D eigenvalue weighted by atomic mass is 19.1. The maximum Gasteiger partial charge on any atom is 0.123 e. The summed E-state index contributed by atoms with van der Waals surface area (Å²) in [5.74, 6) is -0.200. The van der Waals surface area contributed by atoms with Gasteiger partial charge in [-0.3, -0.25) is 0 Å². The molecule has 0 aliphatic rings. The highest BCUT2D eigenvalue weighted by Gasteiger charge is 2.00. The molecule has 0 aliphatic carbocycles. The van der Waals surface area contributed by atoms with E-state index in [9.17, 15) is 4.39 Å². The van der Waals surface area contributed by atoms with Crippen LogP contribution < -0.4 is 5.73 Å². The van der Waals surface area contributed by atoms with E-state index < -0.39 is 0 Å². The number of nitrogens with two attached hydrogens (primary N) is 1. The molecule has 2 N–H and O–H groups in total. The SMILES string of the molecule is NCc1cccn1Cc1cccc(F)c1. The first-order valence-corrected chi connectivity index (χ1v) is 4.88. The molecule has 0 bridgehead atoms. The number of halogens is 1. The zero-order valence-electron chi connectivity index (χ0n) is 8.36. The maximum atomic E-state index is 12.9. The third kappa shape index (κ3) is 2.25. The fourth-order valence-electron chi connectivity index (χ4n) is 1.62. The van der Waals surface area contributed by atoms with E-state index in [1.54, 1.807) is 12.1 Å². The van der Waals surface area contributed by atoms with E-state index in [1.165, 1.54) is 6.07 Å². The summed E-state index contributed by atoms with van der Waals surface area (Å²) in [4.78, 5) is 0. The molecule has 15 heavy (non-hydrogen) atoms. The second kappa shape index (κ2) is 4.28. The number of hydrogen-bond donors (Lipinski definition) is 1. The van der Waals surface area contributed by atoms with Gasteiger partial charge in [0.1, 0.15) is 5.82 Å². The number of aromatic nitrogens is 1. The molecule has 3 heteroatoms. The predicted molar refractivity (Wildman–Crippen MR) is 57.8 cm³/mol. The Labute approximate surface area is 88.1 Å². The van der Waals surface area contributed by atoms with Gasteiger partial charge in [-0.15, -0.1) is 0 Å². The normalized spacial score (nSPS) is 10.5. The van der Waals surface area contributed by atoms with Crippen LogP contribution in [0, 0.1) is 5.82 Å². The summed E-state index contributed by atoms with van der Waals surface area (Å²) in [7, 11) is 0. The van der Waals surface area contributed by atoms with Crippen molar-refractivity contribution < 1.29 is 4.39 Å². The minimum atomic E-state index is -0.200. The van der Waals surface area contributed by atoms with E-state index in [4.69, 9.17) is 5.73 Å². The van der Waals surface area contributed by atoms with Crippen molar-refractivity contribution in [1.29, 1.82) is 0 Å². The molecular formula is C12H13FN2. The van der Waals surface area contributed by atoms with Crippen molar-refractivity contribution in [2.45, 2.75) is 13.1 Å². The number of hydrogen-bond acceptors (Lipinski definition) is 1. The Morgan fingerprint density at radius 3 is 2.80 bits per heavy atom. The fourth-order valence-corrected chi connectivity index (χ4v) is 1.62. The predicted octanol–water partition coefficient (Wildman–Crippen LogP) is 2.13. The van der Waals surface area contributed by atoms with Crippen molar-refractivity contribution in [3.8, 4) is 0 Å². The van der Waals surface area contributed by atoms with Crippen LogP contribution in [0.4, 0.5) is 4.39 Å². The van der Waals surface area contributed by atoms with E-state index in [0.29, 0.717) is 13.1 Å². The molecule has 2 aromatic rings. The van der Waals surface area contributed by atoms with Crippen LogP contribution in [0.2, 0.25) is 0 Å². The standard InChI is InChI=1S/C12H13FN2/c13-11-4-1-3-10(7-11)9-15-6-2-5-12(15)8-14/h1-7H,8-9,14H2. The minimum Gasteiger partial charge on any atom is -0.346 e. The molecule has 1 aromatic heterocycles. The molecule has 0 saturated heterocycles. The van der Waals surface area contributed by atoms with Gasteiger partial charge in [-0.1, -0.05) is 12.1 Å². The van der Waals surface area contributed by atoms with Gasteiger partial charge < -0.3 is 10.3 Å². The molecule has 0 fully saturated rings. The highest BCUT2D eigenvalue weighted by Crippen LogP contribution is 2.08. The van der Waals surface area contributed by atoms with E-state index in [0.717, 1.165) is 11.3 Å². The van der Waals surface area contributed by atoms with E-state index >= 15 is 0 Å². The molecule has 0 unspecified atom stereocenters. The molecule has 78 valence electrons. The molecule has 0 spiro atoms. The lowest BCUT2D eigenvalue weighted by Crippen LogP contribution is -2.07. The van der Waals surface area contributed by atoms with Crippen LogP contribution in [0.15, 0.2) is 42.6 Å². The molecule has 0 saturated carbocycles. The lowest BCUT2D eigenvalue weighted by Gasteiger charge is -2.07. The lowest BCUT2D eigenvalue weighted by atomic mass is 10.2. The topological polar surface area (TPSA) is 30.9 Å². The van der Waals surface area contributed by atoms with Gasteiger partial charge in [0.2, 0.25) is 0 Å². The van der Waals surface area contributed by atoms with Crippen LogP contribution >= 0.6 is 0 Å². The number of benzene rings is 1. The quantitative estimate of drug-likeness (QED) is 0.815. The van der Waals surface area contributed by atoms with Crippen LogP contribution in [-0.4, -0.2) is 4.57 Å². The summed E-state index contributed by atoms with van der Waals surface area (Å²) in [5, 5.41) is 0. The molecule has 2 nitrogen and oxygen atoms in total. The largest absolute Gasteiger partial charge is 0.346 e. The summed E-state index contributed by atoms with van der Waals surface area (Å²) >= 11 is 0. The molecule has 1 aromatic carbocycles. The van der Waals surface area contributed by atoms with Crippen molar-refractivity contribution in [3.63, 3.8) is 0 Å². The van der Waals surface area contributed by atoms with Crippen molar-refractivity contribution in [2.75, 3.05) is 0 Å².